The quantitative estimate of drug-likeness (QED) is 0.396. The van der Waals surface area contributed by atoms with Gasteiger partial charge in [-0.2, -0.15) is 0 Å². The molecule has 4 aliphatic rings. The molecule has 8 bridgehead atoms. The van der Waals surface area contributed by atoms with Crippen molar-refractivity contribution in [2.75, 3.05) is 38.2 Å². The molecule has 1 atom stereocenters. The van der Waals surface area contributed by atoms with E-state index in [-0.39, 0.29) is 29.5 Å². The lowest BCUT2D eigenvalue weighted by molar-refractivity contribution is -0.0570. The van der Waals surface area contributed by atoms with Crippen molar-refractivity contribution in [2.24, 2.45) is 5.92 Å². The van der Waals surface area contributed by atoms with E-state index >= 15 is 8.78 Å². The highest BCUT2D eigenvalue weighted by Gasteiger charge is 2.55. The number of hydrogen-bond acceptors (Lipinski definition) is 6. The van der Waals surface area contributed by atoms with Crippen molar-refractivity contribution in [3.05, 3.63) is 75.1 Å². The summed E-state index contributed by atoms with van der Waals surface area (Å²) in [6.45, 7) is 13.5. The van der Waals surface area contributed by atoms with E-state index in [1.54, 1.807) is 22.8 Å². The first-order chi connectivity index (χ1) is 19.8. The number of hydrogen-bond donors (Lipinski definition) is 1. The number of nitrogens with one attached hydrogen (secondary N) is 1. The van der Waals surface area contributed by atoms with E-state index in [0.29, 0.717) is 74.5 Å². The Bertz CT molecular complexity index is 1520. The lowest BCUT2D eigenvalue weighted by Gasteiger charge is -2.41. The van der Waals surface area contributed by atoms with E-state index in [0.717, 1.165) is 24.9 Å². The minimum Gasteiger partial charge on any atom is -0.381 e. The zero-order chi connectivity index (χ0) is 28.6. The van der Waals surface area contributed by atoms with Gasteiger partial charge in [0.25, 0.3) is 17.0 Å². The molecule has 8 nitrogen and oxygen atoms in total. The van der Waals surface area contributed by atoms with Crippen LogP contribution in [-0.4, -0.2) is 52.3 Å². The van der Waals surface area contributed by atoms with Crippen LogP contribution in [0.2, 0.25) is 0 Å². The van der Waals surface area contributed by atoms with Gasteiger partial charge in [0.15, 0.2) is 0 Å². The van der Waals surface area contributed by atoms with E-state index in [2.05, 4.69) is 25.0 Å². The monoisotopic (exact) mass is 562 g/mol. The number of alkyl halides is 2. The number of rotatable bonds is 1. The van der Waals surface area contributed by atoms with E-state index < -0.39 is 11.5 Å². The molecule has 41 heavy (non-hydrogen) atoms. The summed E-state index contributed by atoms with van der Waals surface area (Å²) in [5.41, 5.74) is 0.704. The largest absolute Gasteiger partial charge is 0.381 e. The van der Waals surface area contributed by atoms with Gasteiger partial charge in [-0.25, -0.2) is 25.3 Å². The van der Waals surface area contributed by atoms with Crippen LogP contribution in [0.25, 0.3) is 15.9 Å². The Morgan fingerprint density at radius 2 is 1.90 bits per heavy atom. The summed E-state index contributed by atoms with van der Waals surface area (Å²) in [5, 5.41) is 4.03. The molecule has 10 heteroatoms. The molecule has 1 N–H and O–H groups in total. The van der Waals surface area contributed by atoms with E-state index in [4.69, 9.17) is 11.3 Å². The molecule has 2 fully saturated rings. The first kappa shape index (κ1) is 27.7. The number of anilines is 1. The number of aromatic nitrogens is 3. The molecule has 1 aliphatic carbocycles. The first-order valence-electron chi connectivity index (χ1n) is 14.6. The van der Waals surface area contributed by atoms with E-state index in [1.165, 1.54) is 12.4 Å². The standard InChI is InChI=1S/C31H36F2N6O2/c1-21-23-7-5-8-24(15-23)31(32,33)17-22-18-38(19-22)11-3-4-13-41-14-6-12-39-28-25(27(37-21)35-20-36-28)16-26(29(39)40)30(34-2)9-10-30/h5,7-8,15-16,20-22H,3-4,6,9-14,17-19H2,1H3,(H,35,36,37)/t21-/m0/s1. The Morgan fingerprint density at radius 3 is 2.68 bits per heavy atom. The van der Waals surface area contributed by atoms with Crippen LogP contribution in [0.3, 0.4) is 0 Å². The Hall–Kier alpha value is -3.42. The molecular formula is C31H36F2N6O2. The molecule has 3 aliphatic heterocycles. The molecule has 1 saturated heterocycles. The minimum absolute atomic E-state index is 0.0114. The topological polar surface area (TPSA) is 76.6 Å². The molecule has 0 spiro atoms. The zero-order valence-electron chi connectivity index (χ0n) is 23.4. The van der Waals surface area contributed by atoms with Crippen LogP contribution in [0.4, 0.5) is 14.6 Å². The summed E-state index contributed by atoms with van der Waals surface area (Å²) in [6, 6.07) is 8.04. The lowest BCUT2D eigenvalue weighted by atomic mass is 9.89. The Labute approximate surface area is 238 Å². The normalized spacial score (nSPS) is 26.0. The predicted octanol–water partition coefficient (Wildman–Crippen LogP) is 5.49. The van der Waals surface area contributed by atoms with Crippen molar-refractivity contribution in [3.63, 3.8) is 0 Å². The van der Waals surface area contributed by atoms with Gasteiger partial charge in [-0.3, -0.25) is 9.36 Å². The number of ether oxygens (including phenoxy) is 1. The maximum atomic E-state index is 15.4. The fraction of sp³-hybridized carbons (Fsp3) is 0.548. The van der Waals surface area contributed by atoms with Crippen LogP contribution in [0, 0.1) is 12.5 Å². The van der Waals surface area contributed by atoms with Gasteiger partial charge in [0.1, 0.15) is 23.4 Å². The first-order valence-corrected chi connectivity index (χ1v) is 14.6. The van der Waals surface area contributed by atoms with E-state index in [9.17, 15) is 4.79 Å². The molecule has 0 amide bonds. The second kappa shape index (κ2) is 11.1. The van der Waals surface area contributed by atoms with Crippen LogP contribution in [0.5, 0.6) is 0 Å². The van der Waals surface area contributed by atoms with Crippen molar-refractivity contribution in [1.82, 2.24) is 19.4 Å². The summed E-state index contributed by atoms with van der Waals surface area (Å²) in [5.74, 6) is -2.42. The number of pyridine rings is 1. The van der Waals surface area contributed by atoms with Crippen LogP contribution in [0.15, 0.2) is 41.5 Å². The molecule has 1 saturated carbocycles. The van der Waals surface area contributed by atoms with Gasteiger partial charge in [-0.05, 0) is 56.3 Å². The van der Waals surface area contributed by atoms with Gasteiger partial charge in [0.2, 0.25) is 0 Å². The molecule has 2 aromatic heterocycles. The fourth-order valence-electron chi connectivity index (χ4n) is 6.16. The summed E-state index contributed by atoms with van der Waals surface area (Å²) in [4.78, 5) is 28.7. The Morgan fingerprint density at radius 1 is 1.10 bits per heavy atom. The second-order valence-electron chi connectivity index (χ2n) is 11.8. The van der Waals surface area contributed by atoms with Gasteiger partial charge in [-0.1, -0.05) is 18.2 Å². The van der Waals surface area contributed by atoms with Crippen molar-refractivity contribution in [2.45, 2.75) is 69.5 Å². The fourth-order valence-corrected chi connectivity index (χ4v) is 6.16. The number of halogens is 2. The molecule has 5 heterocycles. The summed E-state index contributed by atoms with van der Waals surface area (Å²) in [6.07, 6.45) is 5.05. The van der Waals surface area contributed by atoms with Crippen LogP contribution >= 0.6 is 0 Å². The van der Waals surface area contributed by atoms with Crippen molar-refractivity contribution in [3.8, 4) is 0 Å². The lowest BCUT2D eigenvalue weighted by Crippen LogP contribution is -2.48. The van der Waals surface area contributed by atoms with Crippen molar-refractivity contribution >= 4 is 16.9 Å². The van der Waals surface area contributed by atoms with Gasteiger partial charge < -0.3 is 19.8 Å². The molecule has 3 aromatic rings. The number of benzene rings is 1. The summed E-state index contributed by atoms with van der Waals surface area (Å²) >= 11 is 0. The van der Waals surface area contributed by atoms with Gasteiger partial charge >= 0.3 is 0 Å². The van der Waals surface area contributed by atoms with Crippen molar-refractivity contribution in [1.29, 1.82) is 0 Å². The zero-order valence-corrected chi connectivity index (χ0v) is 23.4. The highest BCUT2D eigenvalue weighted by atomic mass is 19.3. The average molecular weight is 563 g/mol. The van der Waals surface area contributed by atoms with Crippen molar-refractivity contribution < 1.29 is 13.5 Å². The highest BCUT2D eigenvalue weighted by molar-refractivity contribution is 5.87. The van der Waals surface area contributed by atoms with Crippen LogP contribution in [-0.2, 0) is 22.7 Å². The second-order valence-corrected chi connectivity index (χ2v) is 11.8. The summed E-state index contributed by atoms with van der Waals surface area (Å²) in [7, 11) is 0. The molecule has 216 valence electrons. The Balaban J connectivity index is 1.37. The third-order valence-electron chi connectivity index (χ3n) is 8.75. The molecule has 0 unspecified atom stereocenters. The minimum atomic E-state index is -2.91. The SMILES string of the molecule is [C-]#[N+]C1(c2cc3c4ncnc3n(c2=O)CCCOCCCCN2CC(C2)CC(F)(F)c2cccc(c2)[C@H](C)N4)CC1. The maximum Gasteiger partial charge on any atom is 0.273 e. The van der Waals surface area contributed by atoms with Crippen LogP contribution in [0.1, 0.15) is 68.2 Å². The van der Waals surface area contributed by atoms with Crippen LogP contribution < -0.4 is 10.9 Å². The average Bonchev–Trinajstić information content (AvgIpc) is 3.74. The number of nitrogens with zero attached hydrogens (tertiary/aromatic N) is 5. The molecular weight excluding hydrogens is 526 g/mol. The highest BCUT2D eigenvalue weighted by Crippen LogP contribution is 2.49. The summed E-state index contributed by atoms with van der Waals surface area (Å²) < 4.78 is 38.2. The smallest absolute Gasteiger partial charge is 0.273 e. The van der Waals surface area contributed by atoms with E-state index in [1.807, 2.05) is 13.0 Å². The predicted molar refractivity (Wildman–Crippen MR) is 153 cm³/mol. The maximum absolute atomic E-state index is 15.4. The molecule has 0 radical (unpaired) electrons. The third kappa shape index (κ3) is 5.57. The number of fused-ring (bicyclic) bond motifs is 9. The molecule has 7 rings (SSSR count). The molecule has 1 aromatic carbocycles. The van der Waals surface area contributed by atoms with Gasteiger partial charge in [0.05, 0.1) is 5.39 Å². The van der Waals surface area contributed by atoms with Gasteiger partial charge in [-0.15, -0.1) is 0 Å². The number of aryl methyl sites for hydroxylation is 1. The Kier molecular flexibility index (Phi) is 7.51. The third-order valence-corrected chi connectivity index (χ3v) is 8.75. The van der Waals surface area contributed by atoms with Gasteiger partial charge in [0, 0.05) is 63.7 Å².